The van der Waals surface area contributed by atoms with Gasteiger partial charge in [-0.2, -0.15) is 13.2 Å². The second-order valence-electron chi connectivity index (χ2n) is 8.62. The molecule has 1 fully saturated rings. The molecule has 0 N–H and O–H groups in total. The zero-order valence-corrected chi connectivity index (χ0v) is 18.6. The lowest BCUT2D eigenvalue weighted by atomic mass is 10.0. The van der Waals surface area contributed by atoms with Gasteiger partial charge in [-0.15, -0.1) is 0 Å². The van der Waals surface area contributed by atoms with Crippen LogP contribution in [0.1, 0.15) is 51.8 Å². The van der Waals surface area contributed by atoms with Crippen LogP contribution >= 0.6 is 0 Å². The van der Waals surface area contributed by atoms with Crippen molar-refractivity contribution in [1.29, 1.82) is 0 Å². The maximum atomic E-state index is 13.0. The number of ether oxygens (including phenoxy) is 1. The van der Waals surface area contributed by atoms with Crippen LogP contribution in [0, 0.1) is 0 Å². The summed E-state index contributed by atoms with van der Waals surface area (Å²) in [5, 5.41) is 0. The maximum Gasteiger partial charge on any atom is 0.416 e. The van der Waals surface area contributed by atoms with Crippen molar-refractivity contribution in [2.24, 2.45) is 0 Å². The number of hydrogen-bond acceptors (Lipinski definition) is 4. The Labute approximate surface area is 177 Å². The molecular formula is C22H34F3N3O2. The lowest BCUT2D eigenvalue weighted by molar-refractivity contribution is -0.137. The van der Waals surface area contributed by atoms with E-state index in [1.54, 1.807) is 17.0 Å². The average molecular weight is 430 g/mol. The number of benzene rings is 1. The Hall–Kier alpha value is -1.80. The highest BCUT2D eigenvalue weighted by atomic mass is 19.4. The van der Waals surface area contributed by atoms with Crippen LogP contribution in [0.5, 0.6) is 0 Å². The standard InChI is InChI=1S/C22H34F3N3O2/c1-6-26(7-2)16-19(17-8-10-18(11-9-17)22(23,24)25)27-12-14-28(15-13-27)20(29)30-21(3,4)5/h8-11,19H,6-7,12-16H2,1-5H3. The van der Waals surface area contributed by atoms with Gasteiger partial charge in [0.15, 0.2) is 0 Å². The molecule has 1 aliphatic heterocycles. The highest BCUT2D eigenvalue weighted by Crippen LogP contribution is 2.31. The van der Waals surface area contributed by atoms with Gasteiger partial charge in [-0.25, -0.2) is 4.79 Å². The SMILES string of the molecule is CCN(CC)CC(c1ccc(C(F)(F)F)cc1)N1CCN(C(=O)OC(C)(C)C)CC1. The van der Waals surface area contributed by atoms with Crippen LogP contribution in [0.4, 0.5) is 18.0 Å². The van der Waals surface area contributed by atoms with Gasteiger partial charge in [0.05, 0.1) is 5.56 Å². The fourth-order valence-corrected chi connectivity index (χ4v) is 3.59. The summed E-state index contributed by atoms with van der Waals surface area (Å²) >= 11 is 0. The number of carbonyl (C=O) groups excluding carboxylic acids is 1. The monoisotopic (exact) mass is 429 g/mol. The summed E-state index contributed by atoms with van der Waals surface area (Å²) in [6.07, 6.45) is -4.66. The quantitative estimate of drug-likeness (QED) is 0.660. The first-order valence-electron chi connectivity index (χ1n) is 10.6. The van der Waals surface area contributed by atoms with Gasteiger partial charge in [-0.05, 0) is 51.6 Å². The van der Waals surface area contributed by atoms with Crippen molar-refractivity contribution in [2.45, 2.75) is 52.4 Å². The molecular weight excluding hydrogens is 395 g/mol. The highest BCUT2D eigenvalue weighted by molar-refractivity contribution is 5.68. The van der Waals surface area contributed by atoms with Gasteiger partial charge in [0, 0.05) is 38.8 Å². The molecule has 30 heavy (non-hydrogen) atoms. The number of nitrogens with zero attached hydrogens (tertiary/aromatic N) is 3. The van der Waals surface area contributed by atoms with Crippen LogP contribution in [0.15, 0.2) is 24.3 Å². The van der Waals surface area contributed by atoms with Gasteiger partial charge in [-0.1, -0.05) is 26.0 Å². The Morgan fingerprint density at radius 2 is 1.57 bits per heavy atom. The molecule has 0 bridgehead atoms. The summed E-state index contributed by atoms with van der Waals surface area (Å²) < 4.78 is 44.3. The number of amides is 1. The Morgan fingerprint density at radius 3 is 2.00 bits per heavy atom. The second-order valence-corrected chi connectivity index (χ2v) is 8.62. The summed E-state index contributed by atoms with van der Waals surface area (Å²) in [5.74, 6) is 0. The number of carbonyl (C=O) groups is 1. The van der Waals surface area contributed by atoms with Crippen LogP contribution in [0.3, 0.4) is 0 Å². The summed E-state index contributed by atoms with van der Waals surface area (Å²) in [7, 11) is 0. The van der Waals surface area contributed by atoms with Crippen molar-refractivity contribution in [2.75, 3.05) is 45.8 Å². The van der Waals surface area contributed by atoms with Gasteiger partial charge in [0.1, 0.15) is 5.60 Å². The third-order valence-electron chi connectivity index (χ3n) is 5.36. The first kappa shape index (κ1) is 24.5. The van der Waals surface area contributed by atoms with Gasteiger partial charge in [-0.3, -0.25) is 4.90 Å². The van der Waals surface area contributed by atoms with Gasteiger partial charge < -0.3 is 14.5 Å². The lowest BCUT2D eigenvalue weighted by Crippen LogP contribution is -2.52. The van der Waals surface area contributed by atoms with E-state index in [-0.39, 0.29) is 12.1 Å². The Bertz CT molecular complexity index is 674. The highest BCUT2D eigenvalue weighted by Gasteiger charge is 2.32. The molecule has 170 valence electrons. The minimum atomic E-state index is -4.34. The van der Waals surface area contributed by atoms with Gasteiger partial charge in [0.2, 0.25) is 0 Å². The largest absolute Gasteiger partial charge is 0.444 e. The molecule has 1 aromatic carbocycles. The number of halogens is 3. The molecule has 2 rings (SSSR count). The zero-order valence-electron chi connectivity index (χ0n) is 18.6. The minimum Gasteiger partial charge on any atom is -0.444 e. The molecule has 1 aliphatic rings. The fraction of sp³-hybridized carbons (Fsp3) is 0.682. The molecule has 1 heterocycles. The minimum absolute atomic E-state index is 0.0343. The molecule has 8 heteroatoms. The predicted molar refractivity (Wildman–Crippen MR) is 111 cm³/mol. The molecule has 1 atom stereocenters. The van der Waals surface area contributed by atoms with E-state index in [2.05, 4.69) is 23.6 Å². The molecule has 1 saturated heterocycles. The van der Waals surface area contributed by atoms with Crippen molar-refractivity contribution in [3.63, 3.8) is 0 Å². The second kappa shape index (κ2) is 10.0. The first-order chi connectivity index (χ1) is 13.9. The van der Waals surface area contributed by atoms with E-state index in [1.807, 2.05) is 20.8 Å². The number of rotatable bonds is 6. The molecule has 0 radical (unpaired) electrons. The maximum absolute atomic E-state index is 13.0. The van der Waals surface area contributed by atoms with Gasteiger partial charge in [0.25, 0.3) is 0 Å². The van der Waals surface area contributed by atoms with E-state index in [0.29, 0.717) is 26.2 Å². The van der Waals surface area contributed by atoms with Crippen LogP contribution < -0.4 is 0 Å². The van der Waals surface area contributed by atoms with E-state index in [9.17, 15) is 18.0 Å². The third-order valence-corrected chi connectivity index (χ3v) is 5.36. The third kappa shape index (κ3) is 6.87. The smallest absolute Gasteiger partial charge is 0.416 e. The van der Waals surface area contributed by atoms with E-state index < -0.39 is 17.3 Å². The molecule has 0 aliphatic carbocycles. The number of likely N-dealkylation sites (N-methyl/N-ethyl adjacent to an activating group) is 1. The summed E-state index contributed by atoms with van der Waals surface area (Å²) in [6, 6.07) is 5.44. The Balaban J connectivity index is 2.13. The zero-order chi connectivity index (χ0) is 22.5. The van der Waals surface area contributed by atoms with E-state index in [0.717, 1.165) is 37.3 Å². The fourth-order valence-electron chi connectivity index (χ4n) is 3.59. The molecule has 1 aromatic rings. The van der Waals surface area contributed by atoms with E-state index >= 15 is 0 Å². The summed E-state index contributed by atoms with van der Waals surface area (Å²) in [6.45, 7) is 14.5. The Kier molecular flexibility index (Phi) is 8.16. The lowest BCUT2D eigenvalue weighted by Gasteiger charge is -2.41. The van der Waals surface area contributed by atoms with Crippen molar-refractivity contribution in [1.82, 2.24) is 14.7 Å². The molecule has 1 unspecified atom stereocenters. The molecule has 1 amide bonds. The van der Waals surface area contributed by atoms with Crippen molar-refractivity contribution >= 4 is 6.09 Å². The topological polar surface area (TPSA) is 36.0 Å². The summed E-state index contributed by atoms with van der Waals surface area (Å²) in [4.78, 5) is 18.5. The number of hydrogen-bond donors (Lipinski definition) is 0. The molecule has 0 saturated carbocycles. The van der Waals surface area contributed by atoms with Crippen LogP contribution in [0.25, 0.3) is 0 Å². The van der Waals surface area contributed by atoms with Crippen LogP contribution in [0.2, 0.25) is 0 Å². The summed E-state index contributed by atoms with van der Waals surface area (Å²) in [5.41, 5.74) is -0.317. The average Bonchev–Trinajstić information content (AvgIpc) is 2.67. The first-order valence-corrected chi connectivity index (χ1v) is 10.6. The van der Waals surface area contributed by atoms with E-state index in [4.69, 9.17) is 4.74 Å². The van der Waals surface area contributed by atoms with Crippen LogP contribution in [-0.2, 0) is 10.9 Å². The molecule has 0 spiro atoms. The van der Waals surface area contributed by atoms with Crippen molar-refractivity contribution < 1.29 is 22.7 Å². The predicted octanol–water partition coefficient (Wildman–Crippen LogP) is 4.64. The molecule has 0 aromatic heterocycles. The normalized spacial score (nSPS) is 17.3. The van der Waals surface area contributed by atoms with E-state index in [1.165, 1.54) is 0 Å². The van der Waals surface area contributed by atoms with Crippen molar-refractivity contribution in [3.8, 4) is 0 Å². The number of piperazine rings is 1. The van der Waals surface area contributed by atoms with Crippen molar-refractivity contribution in [3.05, 3.63) is 35.4 Å². The van der Waals surface area contributed by atoms with Gasteiger partial charge >= 0.3 is 12.3 Å². The Morgan fingerprint density at radius 1 is 1.03 bits per heavy atom. The van der Waals surface area contributed by atoms with Crippen LogP contribution in [-0.4, -0.2) is 72.2 Å². The molecule has 5 nitrogen and oxygen atoms in total. The number of alkyl halides is 3.